The van der Waals surface area contributed by atoms with Crippen molar-refractivity contribution in [3.63, 3.8) is 0 Å². The second kappa shape index (κ2) is 6.15. The lowest BCUT2D eigenvalue weighted by Crippen LogP contribution is -2.29. The van der Waals surface area contributed by atoms with Gasteiger partial charge in [-0.05, 0) is 41.5 Å². The normalized spacial score (nSPS) is 20.9. The van der Waals surface area contributed by atoms with E-state index in [0.29, 0.717) is 11.8 Å². The number of fused-ring (bicyclic) bond motifs is 1. The number of carbonyl (C=O) groups excluding carboxylic acids is 1. The highest BCUT2D eigenvalue weighted by molar-refractivity contribution is 5.94. The molecule has 1 aromatic carbocycles. The highest BCUT2D eigenvalue weighted by Crippen LogP contribution is 2.26. The van der Waals surface area contributed by atoms with Crippen LogP contribution in [0.1, 0.15) is 41.8 Å². The van der Waals surface area contributed by atoms with Crippen LogP contribution in [0, 0.1) is 11.8 Å². The van der Waals surface area contributed by atoms with Gasteiger partial charge in [-0.2, -0.15) is 0 Å². The van der Waals surface area contributed by atoms with Crippen molar-refractivity contribution in [2.75, 3.05) is 13.1 Å². The van der Waals surface area contributed by atoms with Crippen LogP contribution in [-0.2, 0) is 13.1 Å². The molecular formula is C16H23ClN2O. The van der Waals surface area contributed by atoms with E-state index in [1.807, 2.05) is 11.0 Å². The Kier molecular flexibility index (Phi) is 4.71. The second-order valence-electron chi connectivity index (χ2n) is 6.13. The first-order valence-corrected chi connectivity index (χ1v) is 7.27. The molecule has 1 fully saturated rings. The molecule has 0 saturated carbocycles. The van der Waals surface area contributed by atoms with Crippen LogP contribution in [0.3, 0.4) is 0 Å². The van der Waals surface area contributed by atoms with Gasteiger partial charge in [-0.3, -0.25) is 4.79 Å². The third-order valence-corrected chi connectivity index (χ3v) is 4.54. The van der Waals surface area contributed by atoms with Crippen molar-refractivity contribution >= 4 is 18.3 Å². The molecule has 0 bridgehead atoms. The molecule has 2 heterocycles. The van der Waals surface area contributed by atoms with Crippen molar-refractivity contribution < 1.29 is 4.79 Å². The summed E-state index contributed by atoms with van der Waals surface area (Å²) in [6.07, 6.45) is 1.15. The summed E-state index contributed by atoms with van der Waals surface area (Å²) in [5.41, 5.74) is 3.47. The standard InChI is InChI=1S/C16H22N2O.ClH/c1-11(2)14-5-6-18(10-14)16(19)12-3-4-13-8-17-9-15(13)7-12;/h3-4,7,11,14,17H,5-6,8-10H2,1-2H3;1H. The van der Waals surface area contributed by atoms with Gasteiger partial charge in [-0.25, -0.2) is 0 Å². The predicted octanol–water partition coefficient (Wildman–Crippen LogP) is 2.83. The number of hydrogen-bond donors (Lipinski definition) is 1. The molecule has 1 aromatic rings. The Hall–Kier alpha value is -1.06. The third-order valence-electron chi connectivity index (χ3n) is 4.54. The molecule has 0 aliphatic carbocycles. The average Bonchev–Trinajstić information content (AvgIpc) is 3.06. The first-order chi connectivity index (χ1) is 9.15. The number of nitrogens with one attached hydrogen (secondary N) is 1. The highest BCUT2D eigenvalue weighted by atomic mass is 35.5. The molecular weight excluding hydrogens is 272 g/mol. The maximum atomic E-state index is 12.5. The molecule has 3 rings (SSSR count). The Balaban J connectivity index is 0.00000147. The van der Waals surface area contributed by atoms with Gasteiger partial charge < -0.3 is 10.2 Å². The van der Waals surface area contributed by atoms with Gasteiger partial charge >= 0.3 is 0 Å². The fraction of sp³-hybridized carbons (Fsp3) is 0.562. The molecule has 3 nitrogen and oxygen atoms in total. The molecule has 1 amide bonds. The molecule has 110 valence electrons. The number of likely N-dealkylation sites (tertiary alicyclic amines) is 1. The largest absolute Gasteiger partial charge is 0.338 e. The number of halogens is 1. The summed E-state index contributed by atoms with van der Waals surface area (Å²) < 4.78 is 0. The van der Waals surface area contributed by atoms with Gasteiger partial charge in [0.25, 0.3) is 5.91 Å². The summed E-state index contributed by atoms with van der Waals surface area (Å²) in [6, 6.07) is 6.15. The van der Waals surface area contributed by atoms with Crippen molar-refractivity contribution in [2.24, 2.45) is 11.8 Å². The lowest BCUT2D eigenvalue weighted by atomic mass is 9.95. The summed E-state index contributed by atoms with van der Waals surface area (Å²) in [6.45, 7) is 8.16. The van der Waals surface area contributed by atoms with Gasteiger partial charge in [0.1, 0.15) is 0 Å². The molecule has 2 aliphatic rings. The van der Waals surface area contributed by atoms with Crippen LogP contribution in [0.25, 0.3) is 0 Å². The number of hydrogen-bond acceptors (Lipinski definition) is 2. The van der Waals surface area contributed by atoms with Crippen LogP contribution in [0.4, 0.5) is 0 Å². The maximum absolute atomic E-state index is 12.5. The zero-order valence-corrected chi connectivity index (χ0v) is 13.0. The van der Waals surface area contributed by atoms with Crippen molar-refractivity contribution in [2.45, 2.75) is 33.4 Å². The molecule has 2 aliphatic heterocycles. The number of benzene rings is 1. The maximum Gasteiger partial charge on any atom is 0.253 e. The minimum absolute atomic E-state index is 0. The van der Waals surface area contributed by atoms with Crippen molar-refractivity contribution in [3.05, 3.63) is 34.9 Å². The van der Waals surface area contributed by atoms with E-state index < -0.39 is 0 Å². The molecule has 20 heavy (non-hydrogen) atoms. The van der Waals surface area contributed by atoms with E-state index in [1.165, 1.54) is 11.1 Å². The summed E-state index contributed by atoms with van der Waals surface area (Å²) >= 11 is 0. The van der Waals surface area contributed by atoms with Crippen molar-refractivity contribution in [1.82, 2.24) is 10.2 Å². The smallest absolute Gasteiger partial charge is 0.253 e. The summed E-state index contributed by atoms with van der Waals surface area (Å²) in [5.74, 6) is 1.54. The van der Waals surface area contributed by atoms with Gasteiger partial charge in [0.15, 0.2) is 0 Å². The highest BCUT2D eigenvalue weighted by Gasteiger charge is 2.29. The van der Waals surface area contributed by atoms with Crippen LogP contribution in [-0.4, -0.2) is 23.9 Å². The zero-order chi connectivity index (χ0) is 13.4. The monoisotopic (exact) mass is 294 g/mol. The van der Waals surface area contributed by atoms with E-state index >= 15 is 0 Å². The van der Waals surface area contributed by atoms with Gasteiger partial charge in [-0.15, -0.1) is 12.4 Å². The minimum Gasteiger partial charge on any atom is -0.338 e. The lowest BCUT2D eigenvalue weighted by Gasteiger charge is -2.18. The van der Waals surface area contributed by atoms with E-state index in [-0.39, 0.29) is 18.3 Å². The average molecular weight is 295 g/mol. The molecule has 1 saturated heterocycles. The molecule has 4 heteroatoms. The van der Waals surface area contributed by atoms with E-state index in [0.717, 1.165) is 38.2 Å². The molecule has 0 spiro atoms. The first-order valence-electron chi connectivity index (χ1n) is 7.27. The van der Waals surface area contributed by atoms with Crippen LogP contribution in [0.2, 0.25) is 0 Å². The molecule has 0 aromatic heterocycles. The fourth-order valence-corrected chi connectivity index (χ4v) is 3.13. The Labute approximate surface area is 127 Å². The van der Waals surface area contributed by atoms with E-state index in [2.05, 4.69) is 31.3 Å². The third kappa shape index (κ3) is 2.84. The van der Waals surface area contributed by atoms with Crippen molar-refractivity contribution in [3.8, 4) is 0 Å². The van der Waals surface area contributed by atoms with Crippen LogP contribution in [0.5, 0.6) is 0 Å². The van der Waals surface area contributed by atoms with Gasteiger partial charge in [-0.1, -0.05) is 19.9 Å². The quantitative estimate of drug-likeness (QED) is 0.910. The van der Waals surface area contributed by atoms with E-state index in [1.54, 1.807) is 0 Å². The molecule has 1 N–H and O–H groups in total. The SMILES string of the molecule is CC(C)C1CCN(C(=O)c2ccc3c(c2)CNC3)C1.Cl. The fourth-order valence-electron chi connectivity index (χ4n) is 3.13. The Morgan fingerprint density at radius 2 is 2.05 bits per heavy atom. The Morgan fingerprint density at radius 3 is 2.75 bits per heavy atom. The molecule has 1 unspecified atom stereocenters. The summed E-state index contributed by atoms with van der Waals surface area (Å²) in [4.78, 5) is 14.5. The summed E-state index contributed by atoms with van der Waals surface area (Å²) in [5, 5.41) is 3.32. The number of carbonyl (C=O) groups is 1. The van der Waals surface area contributed by atoms with Gasteiger partial charge in [0, 0.05) is 31.7 Å². The predicted molar refractivity (Wildman–Crippen MR) is 83.1 cm³/mol. The van der Waals surface area contributed by atoms with Gasteiger partial charge in [0.05, 0.1) is 0 Å². The van der Waals surface area contributed by atoms with Crippen molar-refractivity contribution in [1.29, 1.82) is 0 Å². The molecule has 1 atom stereocenters. The van der Waals surface area contributed by atoms with E-state index in [9.17, 15) is 4.79 Å². The zero-order valence-electron chi connectivity index (χ0n) is 12.2. The lowest BCUT2D eigenvalue weighted by molar-refractivity contribution is 0.0784. The van der Waals surface area contributed by atoms with Crippen LogP contribution < -0.4 is 5.32 Å². The number of rotatable bonds is 2. The Bertz CT molecular complexity index is 501. The van der Waals surface area contributed by atoms with Gasteiger partial charge in [0.2, 0.25) is 0 Å². The minimum atomic E-state index is 0. The topological polar surface area (TPSA) is 32.3 Å². The molecule has 0 radical (unpaired) electrons. The van der Waals surface area contributed by atoms with Crippen LogP contribution in [0.15, 0.2) is 18.2 Å². The summed E-state index contributed by atoms with van der Waals surface area (Å²) in [7, 11) is 0. The number of nitrogens with zero attached hydrogens (tertiary/aromatic N) is 1. The number of amides is 1. The second-order valence-corrected chi connectivity index (χ2v) is 6.13. The Morgan fingerprint density at radius 1 is 1.30 bits per heavy atom. The van der Waals surface area contributed by atoms with Crippen LogP contribution >= 0.6 is 12.4 Å². The first kappa shape index (κ1) is 15.3. The van der Waals surface area contributed by atoms with E-state index in [4.69, 9.17) is 0 Å².